The summed E-state index contributed by atoms with van der Waals surface area (Å²) in [4.78, 5) is 85.8. The molecule has 5 aliphatic rings. The molecule has 17 nitrogen and oxygen atoms in total. The number of aliphatic hydroxyl groups excluding tert-OH is 1. The summed E-state index contributed by atoms with van der Waals surface area (Å²) >= 11 is 1.50. The average molecular weight is 1070 g/mol. The van der Waals surface area contributed by atoms with E-state index in [9.17, 15) is 46.6 Å². The maximum absolute atomic E-state index is 14.8. The molecule has 0 unspecified atom stereocenters. The number of hydrogen-bond acceptors (Lipinski definition) is 12. The summed E-state index contributed by atoms with van der Waals surface area (Å²) in [5, 5.41) is 30.0. The number of aliphatic imine (C=N–C) groups is 1. The fourth-order valence-corrected chi connectivity index (χ4v) is 11.3. The molecule has 6 heterocycles. The van der Waals surface area contributed by atoms with Crippen molar-refractivity contribution in [1.29, 1.82) is 5.26 Å². The third-order valence-electron chi connectivity index (χ3n) is 15.6. The molecule has 3 N–H and O–H groups in total. The minimum absolute atomic E-state index is 0.0277. The number of nitrogens with zero attached hydrogens (tertiary/aromatic N) is 9. The number of carbonyl (C=O) groups excluding carboxylic acids is 5. The Bertz CT molecular complexity index is 2960. The van der Waals surface area contributed by atoms with Gasteiger partial charge in [0.25, 0.3) is 17.7 Å². The molecule has 2 aromatic heterocycles. The van der Waals surface area contributed by atoms with Crippen molar-refractivity contribution in [3.8, 4) is 16.5 Å². The lowest BCUT2D eigenvalue weighted by molar-refractivity contribution is -0.143. The smallest absolute Gasteiger partial charge is 0.391 e. The largest absolute Gasteiger partial charge is 0.417 e. The minimum atomic E-state index is -4.76. The van der Waals surface area contributed by atoms with Crippen molar-refractivity contribution in [3.05, 3.63) is 88.3 Å². The van der Waals surface area contributed by atoms with Gasteiger partial charge in [0.15, 0.2) is 5.67 Å². The summed E-state index contributed by atoms with van der Waals surface area (Å²) < 4.78 is 57.0. The fourth-order valence-electron chi connectivity index (χ4n) is 10.5. The highest BCUT2D eigenvalue weighted by atomic mass is 32.1. The number of rotatable bonds is 14. The van der Waals surface area contributed by atoms with Gasteiger partial charge in [-0.2, -0.15) is 23.5 Å². The number of carbonyl (C=O) groups is 5. The van der Waals surface area contributed by atoms with Crippen LogP contribution in [0.5, 0.6) is 0 Å². The molecule has 4 aliphatic heterocycles. The number of hydrogen-bond donors (Lipinski definition) is 3. The summed E-state index contributed by atoms with van der Waals surface area (Å²) in [6, 6.07) is 10.8. The predicted molar refractivity (Wildman–Crippen MR) is 274 cm³/mol. The van der Waals surface area contributed by atoms with E-state index in [-0.39, 0.29) is 61.5 Å². The number of nitriles is 1. The SMILES string of the molecule is Cc1ncsc1-c1ccc([C@H](CC(=O)N2CC(N3CC(N4CCC(c5cnn(C(C)(C)C(=O)Nc6ccc(C#N)c(C(F)(F)F)c6)c5)CC4)C3)C2)NC(=O)[C@@H]2C[C@@H](O)CN2C(=O)C(=NC(=O)C2(F)CC2)C(C)(C)C)cc1. The van der Waals surface area contributed by atoms with Crippen molar-refractivity contribution < 1.29 is 46.6 Å². The molecule has 2 aromatic carbocycles. The molecule has 0 radical (unpaired) electrons. The molecule has 3 atom stereocenters. The minimum Gasteiger partial charge on any atom is -0.391 e. The van der Waals surface area contributed by atoms with Gasteiger partial charge in [-0.3, -0.25) is 38.5 Å². The first-order chi connectivity index (χ1) is 35.8. The fraction of sp³-hybridized carbons (Fsp3) is 0.537. The average Bonchev–Trinajstić information content (AvgIpc) is 3.66. The summed E-state index contributed by atoms with van der Waals surface area (Å²) in [5.41, 5.74) is -1.03. The van der Waals surface area contributed by atoms with Crippen molar-refractivity contribution in [1.82, 2.24) is 39.7 Å². The van der Waals surface area contributed by atoms with Crippen LogP contribution in [0.3, 0.4) is 0 Å². The zero-order chi connectivity index (χ0) is 54.6. The summed E-state index contributed by atoms with van der Waals surface area (Å²) in [6.07, 6.45) is -0.573. The lowest BCUT2D eigenvalue weighted by Gasteiger charge is -2.55. The van der Waals surface area contributed by atoms with E-state index in [0.29, 0.717) is 24.7 Å². The van der Waals surface area contributed by atoms with E-state index in [1.807, 2.05) is 37.4 Å². The molecule has 9 rings (SSSR count). The Hall–Kier alpha value is -6.41. The van der Waals surface area contributed by atoms with Gasteiger partial charge >= 0.3 is 6.18 Å². The van der Waals surface area contributed by atoms with Crippen molar-refractivity contribution in [2.75, 3.05) is 51.1 Å². The van der Waals surface area contributed by atoms with Crippen molar-refractivity contribution >= 4 is 52.3 Å². The Morgan fingerprint density at radius 1 is 0.947 bits per heavy atom. The highest BCUT2D eigenvalue weighted by molar-refractivity contribution is 7.13. The third kappa shape index (κ3) is 11.3. The van der Waals surface area contributed by atoms with Crippen LogP contribution in [-0.4, -0.2) is 150 Å². The Morgan fingerprint density at radius 3 is 2.22 bits per heavy atom. The number of aromatic nitrogens is 3. The van der Waals surface area contributed by atoms with Crippen molar-refractivity contribution in [2.24, 2.45) is 10.4 Å². The number of likely N-dealkylation sites (tertiary alicyclic amines) is 4. The van der Waals surface area contributed by atoms with Crippen molar-refractivity contribution in [3.63, 3.8) is 0 Å². The van der Waals surface area contributed by atoms with E-state index in [0.717, 1.165) is 72.9 Å². The molecular weight excluding hydrogens is 1010 g/mol. The van der Waals surface area contributed by atoms with E-state index >= 15 is 0 Å². The van der Waals surface area contributed by atoms with E-state index in [2.05, 4.69) is 35.5 Å². The van der Waals surface area contributed by atoms with Crippen LogP contribution in [0, 0.1) is 23.7 Å². The van der Waals surface area contributed by atoms with Crippen LogP contribution in [-0.2, 0) is 35.7 Å². The normalized spacial score (nSPS) is 21.4. The molecule has 1 aliphatic carbocycles. The highest BCUT2D eigenvalue weighted by Gasteiger charge is 2.52. The quantitative estimate of drug-likeness (QED) is 0.0933. The zero-order valence-electron chi connectivity index (χ0n) is 43.4. The first kappa shape index (κ1) is 54.4. The standard InChI is InChI=1S/C54H63F4N11O6S/c1-31-45(76-30-60-31)34-9-7-33(8-10-34)42(63-47(72)43-20-40(70)29-68(43)48(73)46(51(2,3)4)64-50(75)53(55)15-16-53)21-44(71)67-27-39(28-67)66-25-38(26-66)65-17-13-32(14-18-65)36-23-61-69(24-36)52(5,6)49(74)62-37-12-11-35(22-59)41(19-37)54(56,57)58/h7-12,19,23-24,30,32,38-40,42-43,70H,13-18,20-21,25-29H2,1-6H3,(H,62,74)(H,63,72)/t40-,42+,43+/m1/s1. The third-order valence-corrected chi connectivity index (χ3v) is 16.6. The number of aliphatic hydroxyl groups is 1. The van der Waals surface area contributed by atoms with Gasteiger partial charge in [-0.05, 0) is 100 Å². The molecule has 0 bridgehead atoms. The predicted octanol–water partition coefficient (Wildman–Crippen LogP) is 6.38. The van der Waals surface area contributed by atoms with Gasteiger partial charge in [0.2, 0.25) is 11.8 Å². The number of piperidine rings is 1. The monoisotopic (exact) mass is 1070 g/mol. The number of amides is 5. The molecule has 4 aromatic rings. The molecule has 4 saturated heterocycles. The van der Waals surface area contributed by atoms with Crippen molar-refractivity contribution in [2.45, 2.75) is 134 Å². The number of anilines is 1. The van der Waals surface area contributed by atoms with E-state index < -0.39 is 75.7 Å². The second-order valence-electron chi connectivity index (χ2n) is 22.5. The van der Waals surface area contributed by atoms with E-state index in [4.69, 9.17) is 5.26 Å². The Balaban J connectivity index is 0.781. The van der Waals surface area contributed by atoms with Gasteiger partial charge in [0.05, 0.1) is 58.0 Å². The van der Waals surface area contributed by atoms with E-state index in [1.165, 1.54) is 27.0 Å². The molecule has 5 fully saturated rings. The van der Waals surface area contributed by atoms with Crippen LogP contribution in [0.25, 0.3) is 10.4 Å². The molecule has 5 amide bonds. The Labute approximate surface area is 442 Å². The van der Waals surface area contributed by atoms with Gasteiger partial charge < -0.3 is 25.5 Å². The lowest BCUT2D eigenvalue weighted by Crippen LogP contribution is -2.70. The number of nitrogens with one attached hydrogen (secondary N) is 2. The number of benzene rings is 2. The van der Waals surface area contributed by atoms with Gasteiger partial charge in [0.1, 0.15) is 17.3 Å². The van der Waals surface area contributed by atoms with Crippen LogP contribution in [0.2, 0.25) is 0 Å². The zero-order valence-corrected chi connectivity index (χ0v) is 44.2. The number of β-amino-alcohol motifs (C(OH)–C–C–N with tert-alkyl or cyclic N) is 1. The first-order valence-electron chi connectivity index (χ1n) is 25.7. The number of alkyl halides is 4. The number of halogens is 4. The van der Waals surface area contributed by atoms with E-state index in [1.54, 1.807) is 57.3 Å². The van der Waals surface area contributed by atoms with Gasteiger partial charge in [-0.1, -0.05) is 45.0 Å². The molecule has 76 heavy (non-hydrogen) atoms. The molecule has 1 saturated carbocycles. The number of aryl methyl sites for hydroxylation is 1. The van der Waals surface area contributed by atoms with Crippen LogP contribution in [0.15, 0.2) is 65.4 Å². The Morgan fingerprint density at radius 2 is 1.62 bits per heavy atom. The molecule has 404 valence electrons. The summed E-state index contributed by atoms with van der Waals surface area (Å²) in [7, 11) is 0. The van der Waals surface area contributed by atoms with Gasteiger partial charge in [-0.25, -0.2) is 14.4 Å². The van der Waals surface area contributed by atoms with Gasteiger partial charge in [0, 0.05) is 68.5 Å². The van der Waals surface area contributed by atoms with Crippen LogP contribution >= 0.6 is 11.3 Å². The molecule has 0 spiro atoms. The topological polar surface area (TPSA) is 209 Å². The summed E-state index contributed by atoms with van der Waals surface area (Å²) in [6.45, 7) is 14.5. The highest BCUT2D eigenvalue weighted by Crippen LogP contribution is 2.42. The van der Waals surface area contributed by atoms with Crippen LogP contribution in [0.1, 0.15) is 113 Å². The Kier molecular flexibility index (Phi) is 14.9. The summed E-state index contributed by atoms with van der Waals surface area (Å²) in [5.74, 6) is -2.85. The second kappa shape index (κ2) is 20.9. The second-order valence-corrected chi connectivity index (χ2v) is 23.3. The van der Waals surface area contributed by atoms with Crippen LogP contribution in [0.4, 0.5) is 23.2 Å². The maximum Gasteiger partial charge on any atom is 0.417 e. The lowest BCUT2D eigenvalue weighted by atomic mass is 9.88. The van der Waals surface area contributed by atoms with Crippen LogP contribution < -0.4 is 10.6 Å². The van der Waals surface area contributed by atoms with Gasteiger partial charge in [-0.15, -0.1) is 11.3 Å². The molecular formula is C54H63F4N11O6S. The molecule has 22 heteroatoms. The first-order valence-corrected chi connectivity index (χ1v) is 26.6. The number of thiazole rings is 1. The maximum atomic E-state index is 14.8.